The molecule has 27 heavy (non-hydrogen) atoms. The van der Waals surface area contributed by atoms with Crippen molar-refractivity contribution in [1.29, 1.82) is 0 Å². The largest absolute Gasteiger partial charge is 0.493 e. The molecule has 0 unspecified atom stereocenters. The van der Waals surface area contributed by atoms with Crippen LogP contribution in [0.25, 0.3) is 0 Å². The van der Waals surface area contributed by atoms with Crippen molar-refractivity contribution in [2.45, 2.75) is 24.2 Å². The van der Waals surface area contributed by atoms with Crippen LogP contribution in [0.15, 0.2) is 41.3 Å². The molecule has 2 aromatic rings. The zero-order valence-electron chi connectivity index (χ0n) is 14.9. The molecule has 146 valence electrons. The van der Waals surface area contributed by atoms with Crippen LogP contribution in [-0.2, 0) is 21.2 Å². The van der Waals surface area contributed by atoms with Gasteiger partial charge in [0.1, 0.15) is 6.61 Å². The van der Waals surface area contributed by atoms with E-state index in [1.807, 2.05) is 6.92 Å². The topological polar surface area (TPSA) is 78.9 Å². The highest BCUT2D eigenvalue weighted by Crippen LogP contribution is 2.30. The van der Waals surface area contributed by atoms with Crippen molar-refractivity contribution in [3.05, 3.63) is 53.1 Å². The zero-order chi connectivity index (χ0) is 20.2. The first-order valence-electron chi connectivity index (χ1n) is 7.71. The van der Waals surface area contributed by atoms with Gasteiger partial charge in [0.15, 0.2) is 11.5 Å². The molecule has 0 aliphatic carbocycles. The molecule has 0 amide bonds. The van der Waals surface area contributed by atoms with Crippen LogP contribution in [0.2, 0.25) is 0 Å². The SMILES string of the molecule is COc1cc(C)c(COC(=O)c2ccc(S(=O)(=O)C(F)F)cc2)cc1OC. The van der Waals surface area contributed by atoms with Gasteiger partial charge in [-0.05, 0) is 54.4 Å². The number of aryl methyl sites for hydroxylation is 1. The quantitative estimate of drug-likeness (QED) is 0.663. The minimum Gasteiger partial charge on any atom is -0.493 e. The van der Waals surface area contributed by atoms with Crippen molar-refractivity contribution < 1.29 is 36.2 Å². The average Bonchev–Trinajstić information content (AvgIpc) is 2.66. The van der Waals surface area contributed by atoms with Gasteiger partial charge in [-0.2, -0.15) is 8.78 Å². The van der Waals surface area contributed by atoms with Crippen LogP contribution in [0.5, 0.6) is 11.5 Å². The van der Waals surface area contributed by atoms with Gasteiger partial charge in [-0.15, -0.1) is 0 Å². The number of alkyl halides is 2. The lowest BCUT2D eigenvalue weighted by atomic mass is 10.1. The Balaban J connectivity index is 2.12. The van der Waals surface area contributed by atoms with Gasteiger partial charge in [-0.3, -0.25) is 0 Å². The number of carbonyl (C=O) groups excluding carboxylic acids is 1. The lowest BCUT2D eigenvalue weighted by Gasteiger charge is -2.13. The van der Waals surface area contributed by atoms with Crippen molar-refractivity contribution in [3.8, 4) is 11.5 Å². The minimum absolute atomic E-state index is 0.0429. The number of esters is 1. The van der Waals surface area contributed by atoms with Gasteiger partial charge in [-0.25, -0.2) is 13.2 Å². The predicted octanol–water partition coefficient (Wildman–Crippen LogP) is 3.37. The summed E-state index contributed by atoms with van der Waals surface area (Å²) in [5, 5.41) is 0. The number of halogens is 2. The number of hydrogen-bond donors (Lipinski definition) is 0. The lowest BCUT2D eigenvalue weighted by molar-refractivity contribution is 0.0471. The molecule has 0 atom stereocenters. The number of benzene rings is 2. The van der Waals surface area contributed by atoms with Crippen LogP contribution in [0.4, 0.5) is 8.78 Å². The number of methoxy groups -OCH3 is 2. The summed E-state index contributed by atoms with van der Waals surface area (Å²) >= 11 is 0. The molecule has 0 bridgehead atoms. The molecule has 9 heteroatoms. The van der Waals surface area contributed by atoms with Crippen LogP contribution >= 0.6 is 0 Å². The predicted molar refractivity (Wildman–Crippen MR) is 93.0 cm³/mol. The molecule has 0 saturated heterocycles. The molecule has 2 aromatic carbocycles. The molecule has 0 heterocycles. The van der Waals surface area contributed by atoms with Crippen molar-refractivity contribution in [1.82, 2.24) is 0 Å². The van der Waals surface area contributed by atoms with E-state index in [2.05, 4.69) is 0 Å². The van der Waals surface area contributed by atoms with E-state index in [1.165, 1.54) is 14.2 Å². The molecule has 0 spiro atoms. The standard InChI is InChI=1S/C18H18F2O6S/c1-11-8-15(24-2)16(25-3)9-13(11)10-26-17(21)12-4-6-14(7-5-12)27(22,23)18(19)20/h4-9,18H,10H2,1-3H3. The first kappa shape index (κ1) is 20.6. The zero-order valence-corrected chi connectivity index (χ0v) is 15.7. The fourth-order valence-electron chi connectivity index (χ4n) is 2.29. The smallest absolute Gasteiger partial charge is 0.341 e. The fourth-order valence-corrected chi connectivity index (χ4v) is 3.01. The second-order valence-electron chi connectivity index (χ2n) is 5.54. The van der Waals surface area contributed by atoms with Crippen molar-refractivity contribution >= 4 is 15.8 Å². The van der Waals surface area contributed by atoms with E-state index in [1.54, 1.807) is 12.1 Å². The van der Waals surface area contributed by atoms with Crippen LogP contribution in [0.1, 0.15) is 21.5 Å². The Morgan fingerprint density at radius 2 is 1.59 bits per heavy atom. The third-order valence-electron chi connectivity index (χ3n) is 3.85. The molecule has 0 N–H and O–H groups in total. The molecule has 2 rings (SSSR count). The second-order valence-corrected chi connectivity index (χ2v) is 7.46. The van der Waals surface area contributed by atoms with Crippen molar-refractivity contribution in [2.24, 2.45) is 0 Å². The molecule has 0 saturated carbocycles. The van der Waals surface area contributed by atoms with Crippen LogP contribution in [0, 0.1) is 6.92 Å². The number of ether oxygens (including phenoxy) is 3. The molecule has 0 aromatic heterocycles. The van der Waals surface area contributed by atoms with Gasteiger partial charge in [0.2, 0.25) is 9.84 Å². The second kappa shape index (κ2) is 8.34. The Morgan fingerprint density at radius 1 is 1.04 bits per heavy atom. The average molecular weight is 400 g/mol. The Labute approximate surface area is 155 Å². The summed E-state index contributed by atoms with van der Waals surface area (Å²) in [6.07, 6.45) is 0. The molecule has 0 fully saturated rings. The van der Waals surface area contributed by atoms with E-state index >= 15 is 0 Å². The molecule has 6 nitrogen and oxygen atoms in total. The van der Waals surface area contributed by atoms with Gasteiger partial charge in [-0.1, -0.05) is 0 Å². The highest BCUT2D eigenvalue weighted by atomic mass is 32.2. The van der Waals surface area contributed by atoms with E-state index in [4.69, 9.17) is 14.2 Å². The van der Waals surface area contributed by atoms with Crippen molar-refractivity contribution in [2.75, 3.05) is 14.2 Å². The Morgan fingerprint density at radius 3 is 2.11 bits per heavy atom. The summed E-state index contributed by atoms with van der Waals surface area (Å²) in [7, 11) is -1.71. The van der Waals surface area contributed by atoms with Gasteiger partial charge >= 0.3 is 11.7 Å². The maximum Gasteiger partial charge on any atom is 0.341 e. The lowest BCUT2D eigenvalue weighted by Crippen LogP contribution is -2.12. The first-order valence-corrected chi connectivity index (χ1v) is 9.26. The Bertz CT molecular complexity index is 924. The Hall–Kier alpha value is -2.68. The Kier molecular flexibility index (Phi) is 6.37. The van der Waals surface area contributed by atoms with Crippen molar-refractivity contribution in [3.63, 3.8) is 0 Å². The summed E-state index contributed by atoms with van der Waals surface area (Å²) in [5.41, 5.74) is 1.55. The number of rotatable bonds is 7. The van der Waals surface area contributed by atoms with Gasteiger partial charge in [0.25, 0.3) is 0 Å². The first-order chi connectivity index (χ1) is 12.7. The van der Waals surface area contributed by atoms with Gasteiger partial charge in [0.05, 0.1) is 24.7 Å². The van der Waals surface area contributed by atoms with Crippen LogP contribution in [-0.4, -0.2) is 34.4 Å². The van der Waals surface area contributed by atoms with Gasteiger partial charge in [0, 0.05) is 0 Å². The van der Waals surface area contributed by atoms with E-state index in [-0.39, 0.29) is 12.2 Å². The van der Waals surface area contributed by atoms with E-state index in [9.17, 15) is 22.0 Å². The van der Waals surface area contributed by atoms with Crippen LogP contribution in [0.3, 0.4) is 0 Å². The summed E-state index contributed by atoms with van der Waals surface area (Å²) in [4.78, 5) is 11.6. The minimum atomic E-state index is -4.71. The number of hydrogen-bond acceptors (Lipinski definition) is 6. The molecular formula is C18H18F2O6S. The summed E-state index contributed by atoms with van der Waals surface area (Å²) in [6, 6.07) is 7.56. The molecule has 0 aliphatic heterocycles. The molecular weight excluding hydrogens is 382 g/mol. The highest BCUT2D eigenvalue weighted by molar-refractivity contribution is 7.91. The number of carbonyl (C=O) groups is 1. The van der Waals surface area contributed by atoms with E-state index in [0.29, 0.717) is 17.1 Å². The van der Waals surface area contributed by atoms with Gasteiger partial charge < -0.3 is 14.2 Å². The summed E-state index contributed by atoms with van der Waals surface area (Å²) in [6.45, 7) is 1.76. The normalized spacial score (nSPS) is 11.3. The monoisotopic (exact) mass is 400 g/mol. The van der Waals surface area contributed by atoms with E-state index < -0.39 is 26.5 Å². The molecule has 0 radical (unpaired) electrons. The third-order valence-corrected chi connectivity index (χ3v) is 5.25. The number of sulfone groups is 1. The fraction of sp³-hybridized carbons (Fsp3) is 0.278. The van der Waals surface area contributed by atoms with E-state index in [0.717, 1.165) is 29.8 Å². The summed E-state index contributed by atoms with van der Waals surface area (Å²) in [5.74, 6) is -3.22. The summed E-state index contributed by atoms with van der Waals surface area (Å²) < 4.78 is 63.4. The highest BCUT2D eigenvalue weighted by Gasteiger charge is 2.26. The third kappa shape index (κ3) is 4.54. The maximum atomic E-state index is 12.5. The van der Waals surface area contributed by atoms with Crippen LogP contribution < -0.4 is 9.47 Å². The molecule has 0 aliphatic rings. The maximum absolute atomic E-state index is 12.5.